The van der Waals surface area contributed by atoms with Gasteiger partial charge < -0.3 is 10.3 Å². The quantitative estimate of drug-likeness (QED) is 0.468. The van der Waals surface area contributed by atoms with E-state index in [9.17, 15) is 0 Å². The van der Waals surface area contributed by atoms with Crippen LogP contribution in [0.2, 0.25) is 10.3 Å². The highest BCUT2D eigenvalue weighted by molar-refractivity contribution is 6.30. The summed E-state index contributed by atoms with van der Waals surface area (Å²) in [6, 6.07) is 11.6. The molecule has 5 nitrogen and oxygen atoms in total. The van der Waals surface area contributed by atoms with Crippen LogP contribution >= 0.6 is 23.2 Å². The van der Waals surface area contributed by atoms with Crippen molar-refractivity contribution in [3.8, 4) is 11.1 Å². The molecule has 0 amide bonds. The maximum absolute atomic E-state index is 6.24. The van der Waals surface area contributed by atoms with Crippen LogP contribution in [0.1, 0.15) is 22.6 Å². The first-order valence-electron chi connectivity index (χ1n) is 8.36. The molecule has 7 heteroatoms. The van der Waals surface area contributed by atoms with Crippen LogP contribution in [0.5, 0.6) is 0 Å². The maximum atomic E-state index is 6.24. The summed E-state index contributed by atoms with van der Waals surface area (Å²) in [5, 5.41) is 5.67. The van der Waals surface area contributed by atoms with E-state index in [0.717, 1.165) is 39.1 Å². The summed E-state index contributed by atoms with van der Waals surface area (Å²) in [6.45, 7) is 3.81. The molecule has 136 valence electrons. The van der Waals surface area contributed by atoms with E-state index in [4.69, 9.17) is 33.5 Å². The highest BCUT2D eigenvalue weighted by atomic mass is 35.5. The summed E-state index contributed by atoms with van der Waals surface area (Å²) < 4.78 is 5.38. The SMILES string of the molecule is Cc1noc(C)c1-c1ccc2nc(Cl)nc(N)c2c1Cc1cccc(Cl)c1. The molecule has 0 spiro atoms. The molecule has 2 aromatic carbocycles. The van der Waals surface area contributed by atoms with Crippen molar-refractivity contribution in [3.63, 3.8) is 0 Å². The lowest BCUT2D eigenvalue weighted by atomic mass is 9.91. The average Bonchev–Trinajstić information content (AvgIpc) is 2.93. The monoisotopic (exact) mass is 398 g/mol. The predicted molar refractivity (Wildman–Crippen MR) is 108 cm³/mol. The van der Waals surface area contributed by atoms with Gasteiger partial charge in [-0.15, -0.1) is 0 Å². The number of nitrogens with two attached hydrogens (primary N) is 1. The van der Waals surface area contributed by atoms with Crippen molar-refractivity contribution in [1.82, 2.24) is 15.1 Å². The Hall–Kier alpha value is -2.63. The molecular formula is C20H16Cl2N4O. The molecule has 0 fully saturated rings. The number of aromatic nitrogens is 3. The minimum atomic E-state index is 0.124. The van der Waals surface area contributed by atoms with Gasteiger partial charge in [0.1, 0.15) is 11.6 Å². The van der Waals surface area contributed by atoms with Crippen LogP contribution in [0.15, 0.2) is 40.9 Å². The molecule has 2 N–H and O–H groups in total. The fourth-order valence-electron chi connectivity index (χ4n) is 3.43. The predicted octanol–water partition coefficient (Wildman–Crippen LogP) is 5.38. The van der Waals surface area contributed by atoms with Gasteiger partial charge >= 0.3 is 0 Å². The van der Waals surface area contributed by atoms with E-state index in [2.05, 4.69) is 15.1 Å². The van der Waals surface area contributed by atoms with E-state index in [1.165, 1.54) is 0 Å². The maximum Gasteiger partial charge on any atom is 0.224 e. The second-order valence-electron chi connectivity index (χ2n) is 6.37. The van der Waals surface area contributed by atoms with Gasteiger partial charge in [-0.05, 0) is 66.8 Å². The van der Waals surface area contributed by atoms with Crippen LogP contribution in [0.4, 0.5) is 5.82 Å². The van der Waals surface area contributed by atoms with Gasteiger partial charge in [0.15, 0.2) is 0 Å². The number of anilines is 1. The van der Waals surface area contributed by atoms with Crippen LogP contribution in [-0.2, 0) is 6.42 Å². The molecule has 0 atom stereocenters. The van der Waals surface area contributed by atoms with Gasteiger partial charge in [-0.2, -0.15) is 0 Å². The molecule has 0 aliphatic heterocycles. The number of fused-ring (bicyclic) bond motifs is 1. The van der Waals surface area contributed by atoms with Crippen LogP contribution in [0.25, 0.3) is 22.0 Å². The zero-order chi connectivity index (χ0) is 19.1. The molecular weight excluding hydrogens is 383 g/mol. The molecule has 0 aliphatic carbocycles. The first-order chi connectivity index (χ1) is 12.9. The Kier molecular flexibility index (Phi) is 4.50. The van der Waals surface area contributed by atoms with E-state index in [1.54, 1.807) is 0 Å². The molecule has 0 saturated carbocycles. The van der Waals surface area contributed by atoms with Crippen LogP contribution in [-0.4, -0.2) is 15.1 Å². The summed E-state index contributed by atoms with van der Waals surface area (Å²) in [5.41, 5.74) is 11.7. The van der Waals surface area contributed by atoms with Crippen molar-refractivity contribution < 1.29 is 4.52 Å². The zero-order valence-electron chi connectivity index (χ0n) is 14.8. The van der Waals surface area contributed by atoms with Crippen LogP contribution in [0, 0.1) is 13.8 Å². The van der Waals surface area contributed by atoms with Crippen molar-refractivity contribution in [3.05, 3.63) is 69.3 Å². The number of nitrogens with zero attached hydrogens (tertiary/aromatic N) is 3. The molecule has 0 radical (unpaired) electrons. The second kappa shape index (κ2) is 6.83. The smallest absolute Gasteiger partial charge is 0.224 e. The average molecular weight is 399 g/mol. The summed E-state index contributed by atoms with van der Waals surface area (Å²) >= 11 is 12.2. The lowest BCUT2D eigenvalue weighted by Gasteiger charge is -2.15. The standard InChI is InChI=1S/C20H16Cl2N4O/c1-10-17(11(2)27-26-10)14-6-7-16-18(19(23)25-20(22)24-16)15(14)9-12-4-3-5-13(21)8-12/h3-8H,9H2,1-2H3,(H2,23,24,25). The van der Waals surface area contributed by atoms with Gasteiger partial charge in [-0.3, -0.25) is 0 Å². The lowest BCUT2D eigenvalue weighted by molar-refractivity contribution is 0.393. The van der Waals surface area contributed by atoms with Gasteiger partial charge in [-0.1, -0.05) is 35.0 Å². The number of nitrogen functional groups attached to an aromatic ring is 1. The Morgan fingerprint density at radius 3 is 2.59 bits per heavy atom. The summed E-state index contributed by atoms with van der Waals surface area (Å²) in [7, 11) is 0. The first kappa shape index (κ1) is 17.8. The Morgan fingerprint density at radius 2 is 1.89 bits per heavy atom. The minimum absolute atomic E-state index is 0.124. The molecule has 0 aliphatic rings. The summed E-state index contributed by atoms with van der Waals surface area (Å²) in [6.07, 6.45) is 0.604. The Balaban J connectivity index is 2.03. The van der Waals surface area contributed by atoms with E-state index in [1.807, 2.05) is 50.2 Å². The number of hydrogen-bond acceptors (Lipinski definition) is 5. The highest BCUT2D eigenvalue weighted by Crippen LogP contribution is 2.37. The van der Waals surface area contributed by atoms with Crippen molar-refractivity contribution in [2.45, 2.75) is 20.3 Å². The fourth-order valence-corrected chi connectivity index (χ4v) is 3.83. The molecule has 2 heterocycles. The second-order valence-corrected chi connectivity index (χ2v) is 7.14. The minimum Gasteiger partial charge on any atom is -0.383 e. The molecule has 0 unspecified atom stereocenters. The summed E-state index contributed by atoms with van der Waals surface area (Å²) in [4.78, 5) is 8.49. The number of rotatable bonds is 3. The van der Waals surface area contributed by atoms with Gasteiger partial charge in [-0.25, -0.2) is 9.97 Å². The molecule has 0 bridgehead atoms. The van der Waals surface area contributed by atoms with Gasteiger partial charge in [0.25, 0.3) is 0 Å². The number of halogens is 2. The molecule has 27 heavy (non-hydrogen) atoms. The normalized spacial score (nSPS) is 11.3. The van der Waals surface area contributed by atoms with E-state index in [-0.39, 0.29) is 5.28 Å². The van der Waals surface area contributed by atoms with E-state index < -0.39 is 0 Å². The van der Waals surface area contributed by atoms with Crippen LogP contribution < -0.4 is 5.73 Å². The highest BCUT2D eigenvalue weighted by Gasteiger charge is 2.20. The Bertz CT molecular complexity index is 1150. The topological polar surface area (TPSA) is 77.8 Å². The number of benzene rings is 2. The van der Waals surface area contributed by atoms with Crippen molar-refractivity contribution >= 4 is 39.9 Å². The first-order valence-corrected chi connectivity index (χ1v) is 9.12. The van der Waals surface area contributed by atoms with Gasteiger partial charge in [0, 0.05) is 16.0 Å². The zero-order valence-corrected chi connectivity index (χ0v) is 16.3. The summed E-state index contributed by atoms with van der Waals surface area (Å²) in [5.74, 6) is 1.09. The number of hydrogen-bond donors (Lipinski definition) is 1. The third kappa shape index (κ3) is 3.24. The Labute approximate surface area is 166 Å². The third-order valence-electron chi connectivity index (χ3n) is 4.55. The van der Waals surface area contributed by atoms with Crippen LogP contribution in [0.3, 0.4) is 0 Å². The third-order valence-corrected chi connectivity index (χ3v) is 4.95. The van der Waals surface area contributed by atoms with Crippen molar-refractivity contribution in [2.75, 3.05) is 5.73 Å². The molecule has 4 rings (SSSR count). The molecule has 2 aromatic heterocycles. The lowest BCUT2D eigenvalue weighted by Crippen LogP contribution is -2.02. The Morgan fingerprint density at radius 1 is 1.07 bits per heavy atom. The fraction of sp³-hybridized carbons (Fsp3) is 0.150. The van der Waals surface area contributed by atoms with Crippen molar-refractivity contribution in [2.24, 2.45) is 0 Å². The van der Waals surface area contributed by atoms with Gasteiger partial charge in [0.05, 0.1) is 11.2 Å². The largest absolute Gasteiger partial charge is 0.383 e. The van der Waals surface area contributed by atoms with Crippen molar-refractivity contribution in [1.29, 1.82) is 0 Å². The number of aryl methyl sites for hydroxylation is 2. The molecule has 0 saturated heterocycles. The molecule has 4 aromatic rings. The van der Waals surface area contributed by atoms with Gasteiger partial charge in [0.2, 0.25) is 5.28 Å². The van der Waals surface area contributed by atoms with E-state index >= 15 is 0 Å². The van der Waals surface area contributed by atoms with E-state index in [0.29, 0.717) is 22.8 Å².